The number of nitrogens with zero attached hydrogens (tertiary/aromatic N) is 2. The number of aryl methyl sites for hydroxylation is 1. The third kappa shape index (κ3) is 4.75. The van der Waals surface area contributed by atoms with Crippen molar-refractivity contribution in [3.63, 3.8) is 0 Å². The highest BCUT2D eigenvalue weighted by atomic mass is 32.1. The second-order valence-electron chi connectivity index (χ2n) is 8.28. The van der Waals surface area contributed by atoms with E-state index in [4.69, 9.17) is 4.74 Å². The zero-order chi connectivity index (χ0) is 22.7. The summed E-state index contributed by atoms with van der Waals surface area (Å²) < 4.78 is 6.96. The zero-order valence-corrected chi connectivity index (χ0v) is 19.1. The average molecular weight is 454 g/mol. The van der Waals surface area contributed by atoms with Crippen LogP contribution in [0.15, 0.2) is 41.5 Å². The summed E-state index contributed by atoms with van der Waals surface area (Å²) in [6.07, 6.45) is 6.40. The lowest BCUT2D eigenvalue weighted by atomic mass is 9.98. The summed E-state index contributed by atoms with van der Waals surface area (Å²) in [4.78, 5) is 43.6. The van der Waals surface area contributed by atoms with Crippen LogP contribution in [0.1, 0.15) is 65.9 Å². The SMILES string of the molecule is Cc1c(C(=O)OC2CCCCC2)sc2ncn(CC(=O)NC(C)c3ccccc3)c(=O)c12. The summed E-state index contributed by atoms with van der Waals surface area (Å²) >= 11 is 1.17. The smallest absolute Gasteiger partial charge is 0.348 e. The number of hydrogen-bond donors (Lipinski definition) is 1. The third-order valence-corrected chi connectivity index (χ3v) is 7.10. The number of rotatable bonds is 6. The van der Waals surface area contributed by atoms with Gasteiger partial charge in [0, 0.05) is 0 Å². The van der Waals surface area contributed by atoms with E-state index in [2.05, 4.69) is 10.3 Å². The molecule has 1 saturated carbocycles. The van der Waals surface area contributed by atoms with E-state index in [1.54, 1.807) is 6.92 Å². The van der Waals surface area contributed by atoms with E-state index >= 15 is 0 Å². The lowest BCUT2D eigenvalue weighted by molar-refractivity contribution is -0.122. The van der Waals surface area contributed by atoms with Crippen molar-refractivity contribution >= 4 is 33.4 Å². The normalized spacial score (nSPS) is 15.4. The van der Waals surface area contributed by atoms with E-state index in [1.165, 1.54) is 28.7 Å². The Balaban J connectivity index is 1.51. The Morgan fingerprint density at radius 2 is 1.94 bits per heavy atom. The van der Waals surface area contributed by atoms with Gasteiger partial charge in [-0.2, -0.15) is 0 Å². The lowest BCUT2D eigenvalue weighted by Crippen LogP contribution is -2.34. The van der Waals surface area contributed by atoms with Crippen LogP contribution in [0.3, 0.4) is 0 Å². The van der Waals surface area contributed by atoms with Crippen LogP contribution in [0, 0.1) is 6.92 Å². The molecule has 1 aromatic carbocycles. The van der Waals surface area contributed by atoms with Crippen LogP contribution in [0.5, 0.6) is 0 Å². The predicted octanol–water partition coefficient (Wildman–Crippen LogP) is 4.13. The topological polar surface area (TPSA) is 90.3 Å². The van der Waals surface area contributed by atoms with Gasteiger partial charge in [0.25, 0.3) is 5.56 Å². The Morgan fingerprint density at radius 3 is 2.66 bits per heavy atom. The molecule has 1 unspecified atom stereocenters. The predicted molar refractivity (Wildman–Crippen MR) is 124 cm³/mol. The number of fused-ring (bicyclic) bond motifs is 1. The number of hydrogen-bond acceptors (Lipinski definition) is 6. The molecule has 3 aromatic rings. The molecule has 0 saturated heterocycles. The molecular formula is C24H27N3O4S. The minimum Gasteiger partial charge on any atom is -0.458 e. The molecule has 8 heteroatoms. The summed E-state index contributed by atoms with van der Waals surface area (Å²) in [7, 11) is 0. The van der Waals surface area contributed by atoms with Gasteiger partial charge in [0.2, 0.25) is 5.91 Å². The highest BCUT2D eigenvalue weighted by molar-refractivity contribution is 7.20. The van der Waals surface area contributed by atoms with Gasteiger partial charge in [-0.25, -0.2) is 9.78 Å². The van der Waals surface area contributed by atoms with Crippen LogP contribution in [0.25, 0.3) is 10.2 Å². The van der Waals surface area contributed by atoms with Crippen LogP contribution in [-0.4, -0.2) is 27.5 Å². The van der Waals surface area contributed by atoms with Crippen LogP contribution in [0.2, 0.25) is 0 Å². The second-order valence-corrected chi connectivity index (χ2v) is 9.28. The van der Waals surface area contributed by atoms with Crippen molar-refractivity contribution in [2.45, 2.75) is 64.6 Å². The van der Waals surface area contributed by atoms with E-state index < -0.39 is 5.97 Å². The summed E-state index contributed by atoms with van der Waals surface area (Å²) in [5, 5.41) is 3.28. The molecular weight excluding hydrogens is 426 g/mol. The molecule has 1 fully saturated rings. The van der Waals surface area contributed by atoms with E-state index in [0.29, 0.717) is 20.7 Å². The Morgan fingerprint density at radius 1 is 1.22 bits per heavy atom. The number of carbonyl (C=O) groups is 2. The van der Waals surface area contributed by atoms with Crippen molar-refractivity contribution in [3.8, 4) is 0 Å². The molecule has 1 aliphatic rings. The van der Waals surface area contributed by atoms with Crippen LogP contribution in [0.4, 0.5) is 0 Å². The third-order valence-electron chi connectivity index (χ3n) is 5.92. The minimum atomic E-state index is -0.391. The number of esters is 1. The molecule has 1 atom stereocenters. The van der Waals surface area contributed by atoms with Gasteiger partial charge >= 0.3 is 5.97 Å². The standard InChI is InChI=1S/C24H27N3O4S/c1-15-20-22(32-21(15)24(30)31-18-11-7-4-8-12-18)25-14-27(23(20)29)13-19(28)26-16(2)17-9-5-3-6-10-17/h3,5-6,9-10,14,16,18H,4,7-8,11-13H2,1-2H3,(H,26,28). The van der Waals surface area contributed by atoms with Crippen molar-refractivity contribution in [2.75, 3.05) is 0 Å². The number of benzene rings is 1. The van der Waals surface area contributed by atoms with Gasteiger partial charge in [0.15, 0.2) is 0 Å². The highest BCUT2D eigenvalue weighted by Gasteiger charge is 2.24. The number of amides is 1. The van der Waals surface area contributed by atoms with Crippen molar-refractivity contribution in [3.05, 3.63) is 63.0 Å². The Bertz CT molecular complexity index is 1180. The zero-order valence-electron chi connectivity index (χ0n) is 18.3. The van der Waals surface area contributed by atoms with Gasteiger partial charge < -0.3 is 10.1 Å². The maximum Gasteiger partial charge on any atom is 0.348 e. The molecule has 0 spiro atoms. The summed E-state index contributed by atoms with van der Waals surface area (Å²) in [5.41, 5.74) is 1.22. The first-order valence-corrected chi connectivity index (χ1v) is 11.8. The number of nitrogens with one attached hydrogen (secondary N) is 1. The van der Waals surface area contributed by atoms with Gasteiger partial charge in [-0.3, -0.25) is 14.2 Å². The van der Waals surface area contributed by atoms with E-state index in [0.717, 1.165) is 31.2 Å². The Kier molecular flexibility index (Phi) is 6.69. The fourth-order valence-electron chi connectivity index (χ4n) is 4.12. The van der Waals surface area contributed by atoms with Gasteiger partial charge in [0.05, 0.1) is 17.8 Å². The lowest BCUT2D eigenvalue weighted by Gasteiger charge is -2.21. The molecule has 0 aliphatic heterocycles. The molecule has 2 aromatic heterocycles. The Labute approximate surface area is 190 Å². The molecule has 168 valence electrons. The molecule has 0 radical (unpaired) electrons. The van der Waals surface area contributed by atoms with E-state index in [-0.39, 0.29) is 30.2 Å². The van der Waals surface area contributed by atoms with Crippen molar-refractivity contribution < 1.29 is 14.3 Å². The number of aromatic nitrogens is 2. The fourth-order valence-corrected chi connectivity index (χ4v) is 5.14. The number of thiophene rings is 1. The molecule has 0 bridgehead atoms. The highest BCUT2D eigenvalue weighted by Crippen LogP contribution is 2.29. The van der Waals surface area contributed by atoms with Crippen molar-refractivity contribution in [1.29, 1.82) is 0 Å². The first-order valence-electron chi connectivity index (χ1n) is 11.0. The second kappa shape index (κ2) is 9.65. The van der Waals surface area contributed by atoms with Gasteiger partial charge in [0.1, 0.15) is 22.4 Å². The largest absolute Gasteiger partial charge is 0.458 e. The van der Waals surface area contributed by atoms with Crippen molar-refractivity contribution in [1.82, 2.24) is 14.9 Å². The van der Waals surface area contributed by atoms with Gasteiger partial charge in [-0.05, 0) is 50.7 Å². The summed E-state index contributed by atoms with van der Waals surface area (Å²) in [6, 6.07) is 9.44. The first kappa shape index (κ1) is 22.2. The van der Waals surface area contributed by atoms with Crippen LogP contribution in [-0.2, 0) is 16.1 Å². The van der Waals surface area contributed by atoms with E-state index in [1.807, 2.05) is 37.3 Å². The molecule has 2 heterocycles. The van der Waals surface area contributed by atoms with E-state index in [9.17, 15) is 14.4 Å². The first-order chi connectivity index (χ1) is 15.4. The molecule has 32 heavy (non-hydrogen) atoms. The van der Waals surface area contributed by atoms with Crippen molar-refractivity contribution in [2.24, 2.45) is 0 Å². The summed E-state index contributed by atoms with van der Waals surface area (Å²) in [5.74, 6) is -0.674. The van der Waals surface area contributed by atoms with Gasteiger partial charge in [-0.15, -0.1) is 11.3 Å². The minimum absolute atomic E-state index is 0.0548. The molecule has 4 rings (SSSR count). The summed E-state index contributed by atoms with van der Waals surface area (Å²) in [6.45, 7) is 3.49. The average Bonchev–Trinajstić information content (AvgIpc) is 3.14. The molecule has 1 N–H and O–H groups in total. The maximum atomic E-state index is 13.1. The maximum absolute atomic E-state index is 13.1. The number of carbonyl (C=O) groups excluding carboxylic acids is 2. The fraction of sp³-hybridized carbons (Fsp3) is 0.417. The number of ether oxygens (including phenoxy) is 1. The molecule has 7 nitrogen and oxygen atoms in total. The molecule has 1 aliphatic carbocycles. The quantitative estimate of drug-likeness (QED) is 0.567. The van der Waals surface area contributed by atoms with Crippen LogP contribution < -0.4 is 10.9 Å². The monoisotopic (exact) mass is 453 g/mol. The van der Waals surface area contributed by atoms with Crippen LogP contribution >= 0.6 is 11.3 Å². The Hall–Kier alpha value is -3.00. The van der Waals surface area contributed by atoms with Gasteiger partial charge in [-0.1, -0.05) is 36.8 Å². The molecule has 1 amide bonds.